The summed E-state index contributed by atoms with van der Waals surface area (Å²) in [6, 6.07) is 62.2. The number of amides is 1. The highest BCUT2D eigenvalue weighted by Gasteiger charge is 2.41. The number of pyridine rings is 1. The second-order valence-corrected chi connectivity index (χ2v) is 13.9. The van der Waals surface area contributed by atoms with E-state index < -0.39 is 6.23 Å². The lowest BCUT2D eigenvalue weighted by Gasteiger charge is -2.28. The lowest BCUT2D eigenvalue weighted by atomic mass is 9.90. The van der Waals surface area contributed by atoms with Crippen LogP contribution in [-0.2, 0) is 0 Å². The molecule has 0 spiro atoms. The molecule has 0 radical (unpaired) electrons. The molecule has 0 saturated heterocycles. The first kappa shape index (κ1) is 33.0. The maximum atomic E-state index is 15.3. The van der Waals surface area contributed by atoms with Gasteiger partial charge in [-0.05, 0) is 70.8 Å². The van der Waals surface area contributed by atoms with Crippen molar-refractivity contribution in [3.05, 3.63) is 199 Å². The third kappa shape index (κ3) is 5.30. The van der Waals surface area contributed by atoms with Crippen LogP contribution in [0.15, 0.2) is 182 Å². The number of anilines is 1. The van der Waals surface area contributed by atoms with E-state index in [1.54, 1.807) is 11.0 Å². The topological polar surface area (TPSA) is 82.2 Å². The average molecular weight is 721 g/mol. The second kappa shape index (κ2) is 13.4. The van der Waals surface area contributed by atoms with E-state index in [-0.39, 0.29) is 5.91 Å². The summed E-state index contributed by atoms with van der Waals surface area (Å²) < 4.78 is 2.12. The van der Waals surface area contributed by atoms with Gasteiger partial charge in [-0.3, -0.25) is 9.69 Å². The lowest BCUT2D eigenvalue weighted by Crippen LogP contribution is -2.29. The molecule has 1 aliphatic rings. The zero-order valence-corrected chi connectivity index (χ0v) is 30.0. The molecule has 9 aromatic rings. The van der Waals surface area contributed by atoms with E-state index in [1.807, 2.05) is 133 Å². The number of aliphatic hydroxyl groups excluding tert-OH is 1. The van der Waals surface area contributed by atoms with Crippen LogP contribution in [0.25, 0.3) is 72.1 Å². The fourth-order valence-electron chi connectivity index (χ4n) is 8.20. The summed E-state index contributed by atoms with van der Waals surface area (Å²) >= 11 is 0. The summed E-state index contributed by atoms with van der Waals surface area (Å²) in [6.45, 7) is 0. The monoisotopic (exact) mass is 720 g/mol. The molecule has 0 bridgehead atoms. The van der Waals surface area contributed by atoms with Crippen molar-refractivity contribution >= 4 is 33.4 Å². The van der Waals surface area contributed by atoms with Crippen LogP contribution in [0, 0.1) is 11.3 Å². The fourth-order valence-corrected chi connectivity index (χ4v) is 8.20. The number of carbonyl (C=O) groups is 1. The quantitative estimate of drug-likeness (QED) is 0.185. The molecular formula is C50H32N4O2. The number of nitriles is 1. The average Bonchev–Trinajstić information content (AvgIpc) is 3.73. The van der Waals surface area contributed by atoms with Crippen molar-refractivity contribution in [2.75, 3.05) is 4.90 Å². The molecule has 0 saturated carbocycles. The molecular weight excluding hydrogens is 689 g/mol. The predicted octanol–water partition coefficient (Wildman–Crippen LogP) is 11.4. The number of carbonyl (C=O) groups excluding carboxylic acids is 1. The molecule has 56 heavy (non-hydrogen) atoms. The van der Waals surface area contributed by atoms with Gasteiger partial charge in [-0.1, -0.05) is 133 Å². The van der Waals surface area contributed by atoms with E-state index in [2.05, 4.69) is 58.1 Å². The van der Waals surface area contributed by atoms with Gasteiger partial charge in [-0.25, -0.2) is 4.98 Å². The molecule has 6 heteroatoms. The molecule has 264 valence electrons. The van der Waals surface area contributed by atoms with Crippen LogP contribution in [0.2, 0.25) is 0 Å². The van der Waals surface area contributed by atoms with Crippen molar-refractivity contribution in [3.63, 3.8) is 0 Å². The number of fused-ring (bicyclic) bond motifs is 4. The number of benzene rings is 7. The zero-order chi connectivity index (χ0) is 37.8. The highest BCUT2D eigenvalue weighted by Crippen LogP contribution is 2.49. The zero-order valence-electron chi connectivity index (χ0n) is 30.0. The first-order valence-electron chi connectivity index (χ1n) is 18.5. The number of aliphatic hydroxyl groups is 1. The van der Waals surface area contributed by atoms with Crippen molar-refractivity contribution in [1.29, 1.82) is 5.26 Å². The van der Waals surface area contributed by atoms with Crippen molar-refractivity contribution < 1.29 is 9.90 Å². The maximum Gasteiger partial charge on any atom is 0.263 e. The normalized spacial score (nSPS) is 13.6. The fraction of sp³-hybridized carbons (Fsp3) is 0.0200. The number of hydrogen-bond acceptors (Lipinski definition) is 4. The largest absolute Gasteiger partial charge is 0.369 e. The van der Waals surface area contributed by atoms with Crippen molar-refractivity contribution in [2.24, 2.45) is 0 Å². The number of aromatic nitrogens is 2. The van der Waals surface area contributed by atoms with E-state index >= 15 is 4.79 Å². The Morgan fingerprint density at radius 2 is 1.16 bits per heavy atom. The molecule has 6 nitrogen and oxygen atoms in total. The lowest BCUT2D eigenvalue weighted by molar-refractivity contribution is 0.0935. The van der Waals surface area contributed by atoms with Gasteiger partial charge in [0.15, 0.2) is 6.23 Å². The molecule has 2 aromatic heterocycles. The Kier molecular flexibility index (Phi) is 7.88. The van der Waals surface area contributed by atoms with Crippen LogP contribution < -0.4 is 4.90 Å². The van der Waals surface area contributed by atoms with Crippen molar-refractivity contribution in [2.45, 2.75) is 6.23 Å². The van der Waals surface area contributed by atoms with Gasteiger partial charge in [0, 0.05) is 33.0 Å². The third-order valence-corrected chi connectivity index (χ3v) is 10.7. The molecule has 10 rings (SSSR count). The summed E-state index contributed by atoms with van der Waals surface area (Å²) in [5, 5.41) is 23.9. The van der Waals surface area contributed by atoms with Gasteiger partial charge in [-0.2, -0.15) is 5.26 Å². The highest BCUT2D eigenvalue weighted by molar-refractivity contribution is 6.18. The van der Waals surface area contributed by atoms with Gasteiger partial charge in [0.2, 0.25) is 0 Å². The minimum Gasteiger partial charge on any atom is -0.369 e. The van der Waals surface area contributed by atoms with Crippen LogP contribution in [-0.4, -0.2) is 20.6 Å². The molecule has 1 atom stereocenters. The van der Waals surface area contributed by atoms with Crippen molar-refractivity contribution in [1.82, 2.24) is 9.55 Å². The predicted molar refractivity (Wildman–Crippen MR) is 223 cm³/mol. The van der Waals surface area contributed by atoms with Gasteiger partial charge < -0.3 is 9.67 Å². The van der Waals surface area contributed by atoms with Crippen LogP contribution in [0.4, 0.5) is 5.69 Å². The van der Waals surface area contributed by atoms with Gasteiger partial charge in [-0.15, -0.1) is 0 Å². The van der Waals surface area contributed by atoms with Gasteiger partial charge in [0.1, 0.15) is 11.8 Å². The number of rotatable bonds is 6. The van der Waals surface area contributed by atoms with Gasteiger partial charge >= 0.3 is 0 Å². The highest BCUT2D eigenvalue weighted by atomic mass is 16.3. The Bertz CT molecular complexity index is 2960. The van der Waals surface area contributed by atoms with Crippen molar-refractivity contribution in [3.8, 4) is 56.4 Å². The summed E-state index contributed by atoms with van der Waals surface area (Å²) in [5.41, 5.74) is 11.7. The van der Waals surface area contributed by atoms with E-state index in [0.29, 0.717) is 33.9 Å². The van der Waals surface area contributed by atoms with Crippen LogP contribution in [0.1, 0.15) is 27.8 Å². The minimum absolute atomic E-state index is 0.287. The smallest absolute Gasteiger partial charge is 0.263 e. The Hall–Kier alpha value is -7.59. The summed E-state index contributed by atoms with van der Waals surface area (Å²) in [7, 11) is 0. The molecule has 0 aliphatic carbocycles. The molecule has 7 aromatic carbocycles. The maximum absolute atomic E-state index is 15.3. The first-order chi connectivity index (χ1) is 27.6. The van der Waals surface area contributed by atoms with Crippen LogP contribution in [0.3, 0.4) is 0 Å². The molecule has 3 heterocycles. The van der Waals surface area contributed by atoms with Crippen LogP contribution in [0.5, 0.6) is 0 Å². The molecule has 0 fully saturated rings. The third-order valence-electron chi connectivity index (χ3n) is 10.7. The Labute approximate surface area is 323 Å². The Morgan fingerprint density at radius 1 is 0.554 bits per heavy atom. The Morgan fingerprint density at radius 3 is 1.84 bits per heavy atom. The molecule has 1 aliphatic heterocycles. The molecule has 1 N–H and O–H groups in total. The first-order valence-corrected chi connectivity index (χ1v) is 18.5. The molecule has 1 amide bonds. The van der Waals surface area contributed by atoms with E-state index in [0.717, 1.165) is 60.8 Å². The second-order valence-electron chi connectivity index (χ2n) is 13.9. The summed E-state index contributed by atoms with van der Waals surface area (Å²) in [4.78, 5) is 21.5. The number of para-hydroxylation sites is 1. The number of nitrogens with zero attached hydrogens (tertiary/aromatic N) is 4. The van der Waals surface area contributed by atoms with Crippen LogP contribution >= 0.6 is 0 Å². The van der Waals surface area contributed by atoms with E-state index in [4.69, 9.17) is 0 Å². The Balaban J connectivity index is 1.19. The van der Waals surface area contributed by atoms with Gasteiger partial charge in [0.25, 0.3) is 5.91 Å². The minimum atomic E-state index is -1.25. The van der Waals surface area contributed by atoms with E-state index in [9.17, 15) is 10.4 Å². The van der Waals surface area contributed by atoms with E-state index in [1.165, 1.54) is 0 Å². The summed E-state index contributed by atoms with van der Waals surface area (Å²) in [5.74, 6) is -0.287. The SMILES string of the molecule is N#Cc1cccc(-c2ccc3c(c2)c2ccccc2n3-c2cccc3c2C(=O)N(c2c(-c4ccccc4)cc(-c4ccccc4)cc2-c2ccccc2)C3O)n1. The molecule has 1 unspecified atom stereocenters. The summed E-state index contributed by atoms with van der Waals surface area (Å²) in [6.07, 6.45) is -1.25. The van der Waals surface area contributed by atoms with Gasteiger partial charge in [0.05, 0.1) is 33.7 Å². The standard InChI is InChI=1S/C50H32N4O2/c51-31-37-20-12-23-43(52-37)35-26-27-45-42(28-35)38-21-10-11-24-44(38)53(45)46-25-13-22-39-47(46)50(56)54(49(39)55)48-40(33-16-6-2-7-17-33)29-36(32-14-4-1-5-15-32)30-41(48)34-18-8-3-9-19-34/h1-30,49,55H. The number of hydrogen-bond donors (Lipinski definition) is 1.